The van der Waals surface area contributed by atoms with Gasteiger partial charge in [0, 0.05) is 55.6 Å². The summed E-state index contributed by atoms with van der Waals surface area (Å²) in [6.07, 6.45) is 7.49. The molecule has 1 atom stereocenters. The Morgan fingerprint density at radius 3 is 2.82 bits per heavy atom. The fourth-order valence-corrected chi connectivity index (χ4v) is 5.03. The average Bonchev–Trinajstić information content (AvgIpc) is 3.49. The van der Waals surface area contributed by atoms with E-state index in [9.17, 15) is 8.42 Å². The topological polar surface area (TPSA) is 120 Å². The molecule has 0 saturated carbocycles. The van der Waals surface area contributed by atoms with Crippen molar-refractivity contribution in [1.82, 2.24) is 34.4 Å². The van der Waals surface area contributed by atoms with E-state index in [-0.39, 0.29) is 10.8 Å². The molecule has 0 radical (unpaired) electrons. The molecular formula is C22H26N8O2S. The molecule has 1 aromatic carbocycles. The lowest BCUT2D eigenvalue weighted by atomic mass is 9.96. The molecule has 1 fully saturated rings. The molecule has 4 heterocycles. The van der Waals surface area contributed by atoms with Crippen LogP contribution in [-0.2, 0) is 10.0 Å². The average molecular weight is 467 g/mol. The van der Waals surface area contributed by atoms with Crippen molar-refractivity contribution in [3.8, 4) is 11.1 Å². The van der Waals surface area contributed by atoms with Gasteiger partial charge in [-0.25, -0.2) is 17.7 Å². The number of nitrogens with one attached hydrogen (secondary N) is 3. The van der Waals surface area contributed by atoms with Crippen LogP contribution >= 0.6 is 0 Å². The van der Waals surface area contributed by atoms with Crippen LogP contribution in [0.15, 0.2) is 53.8 Å². The second-order valence-corrected chi connectivity index (χ2v) is 10.5. The molecule has 1 aliphatic heterocycles. The maximum atomic E-state index is 12.6. The van der Waals surface area contributed by atoms with Crippen molar-refractivity contribution in [2.75, 3.05) is 32.5 Å². The number of aromatic nitrogens is 5. The molecule has 0 amide bonds. The van der Waals surface area contributed by atoms with Crippen LogP contribution < -0.4 is 10.6 Å². The zero-order valence-corrected chi connectivity index (χ0v) is 19.3. The Labute approximate surface area is 192 Å². The summed E-state index contributed by atoms with van der Waals surface area (Å²) in [7, 11) is -0.503. The standard InChI is InChI=1S/C22H26N8O2S/c1-29(2)33(31,32)18-7-3-6-17(9-18)27-21-10-20(15-5-4-8-23-11-15)28-22-19(14-26-30(21)22)16-12-24-25-13-16/h3,6-7,9-10,12-15,23,27H,4-5,8,11H2,1-2H3,(H,24,25). The molecule has 3 N–H and O–H groups in total. The highest BCUT2D eigenvalue weighted by atomic mass is 32.2. The molecule has 4 aromatic rings. The minimum absolute atomic E-state index is 0.221. The van der Waals surface area contributed by atoms with E-state index >= 15 is 0 Å². The maximum Gasteiger partial charge on any atom is 0.242 e. The fraction of sp³-hybridized carbons (Fsp3) is 0.318. The Balaban J connectivity index is 1.60. The number of H-pyrrole nitrogens is 1. The van der Waals surface area contributed by atoms with Gasteiger partial charge in [0.15, 0.2) is 5.65 Å². The zero-order chi connectivity index (χ0) is 23.0. The highest BCUT2D eigenvalue weighted by Crippen LogP contribution is 2.31. The normalized spacial score (nSPS) is 17.0. The lowest BCUT2D eigenvalue weighted by Crippen LogP contribution is -2.29. The number of piperidine rings is 1. The predicted molar refractivity (Wildman–Crippen MR) is 126 cm³/mol. The van der Waals surface area contributed by atoms with E-state index in [1.807, 2.05) is 18.3 Å². The molecule has 0 spiro atoms. The number of sulfonamides is 1. The van der Waals surface area contributed by atoms with Gasteiger partial charge in [0.05, 0.1) is 23.0 Å². The number of nitrogens with zero attached hydrogens (tertiary/aromatic N) is 5. The third-order valence-electron chi connectivity index (χ3n) is 5.90. The lowest BCUT2D eigenvalue weighted by molar-refractivity contribution is 0.455. The SMILES string of the molecule is CN(C)S(=O)(=O)c1cccc(Nc2cc(C3CCCNC3)nc3c(-c4cn[nH]c4)cnn23)c1. The monoisotopic (exact) mass is 466 g/mol. The largest absolute Gasteiger partial charge is 0.340 e. The zero-order valence-electron chi connectivity index (χ0n) is 18.5. The highest BCUT2D eigenvalue weighted by Gasteiger charge is 2.22. The minimum Gasteiger partial charge on any atom is -0.340 e. The highest BCUT2D eigenvalue weighted by molar-refractivity contribution is 7.89. The van der Waals surface area contributed by atoms with Crippen LogP contribution in [0.2, 0.25) is 0 Å². The quantitative estimate of drug-likeness (QED) is 0.399. The van der Waals surface area contributed by atoms with Gasteiger partial charge in [-0.15, -0.1) is 0 Å². The summed E-state index contributed by atoms with van der Waals surface area (Å²) in [5, 5.41) is 18.3. The molecule has 10 nitrogen and oxygen atoms in total. The molecule has 11 heteroatoms. The van der Waals surface area contributed by atoms with Gasteiger partial charge >= 0.3 is 0 Å². The van der Waals surface area contributed by atoms with Gasteiger partial charge < -0.3 is 10.6 Å². The first kappa shape index (κ1) is 21.6. The van der Waals surface area contributed by atoms with Gasteiger partial charge in [-0.05, 0) is 37.6 Å². The van der Waals surface area contributed by atoms with E-state index in [0.717, 1.165) is 54.2 Å². The van der Waals surface area contributed by atoms with Crippen molar-refractivity contribution in [2.24, 2.45) is 0 Å². The van der Waals surface area contributed by atoms with Crippen molar-refractivity contribution < 1.29 is 8.42 Å². The molecule has 1 unspecified atom stereocenters. The Morgan fingerprint density at radius 1 is 1.21 bits per heavy atom. The van der Waals surface area contributed by atoms with Gasteiger partial charge in [-0.1, -0.05) is 6.07 Å². The first-order chi connectivity index (χ1) is 15.9. The molecule has 1 saturated heterocycles. The number of fused-ring (bicyclic) bond motifs is 1. The Morgan fingerprint density at radius 2 is 2.09 bits per heavy atom. The molecule has 33 heavy (non-hydrogen) atoms. The van der Waals surface area contributed by atoms with Crippen molar-refractivity contribution in [2.45, 2.75) is 23.7 Å². The molecule has 3 aromatic heterocycles. The summed E-state index contributed by atoms with van der Waals surface area (Å²) >= 11 is 0. The van der Waals surface area contributed by atoms with Crippen LogP contribution in [0.4, 0.5) is 11.5 Å². The van der Waals surface area contributed by atoms with Gasteiger partial charge in [-0.3, -0.25) is 5.10 Å². The Kier molecular flexibility index (Phi) is 5.60. The van der Waals surface area contributed by atoms with Crippen molar-refractivity contribution in [3.63, 3.8) is 0 Å². The van der Waals surface area contributed by atoms with E-state index < -0.39 is 10.0 Å². The van der Waals surface area contributed by atoms with Crippen LogP contribution in [0, 0.1) is 0 Å². The van der Waals surface area contributed by atoms with Gasteiger partial charge in [0.25, 0.3) is 0 Å². The number of hydrogen-bond donors (Lipinski definition) is 3. The summed E-state index contributed by atoms with van der Waals surface area (Å²) in [6.45, 7) is 1.89. The molecule has 5 rings (SSSR count). The predicted octanol–water partition coefficient (Wildman–Crippen LogP) is 2.58. The molecule has 0 aliphatic carbocycles. The third-order valence-corrected chi connectivity index (χ3v) is 7.71. The van der Waals surface area contributed by atoms with Gasteiger partial charge in [-0.2, -0.15) is 14.7 Å². The van der Waals surface area contributed by atoms with E-state index in [1.165, 1.54) is 18.4 Å². The molecule has 172 valence electrons. The van der Waals surface area contributed by atoms with E-state index in [2.05, 4.69) is 25.9 Å². The second kappa shape index (κ2) is 8.58. The third kappa shape index (κ3) is 4.10. The van der Waals surface area contributed by atoms with Crippen LogP contribution in [0.1, 0.15) is 24.5 Å². The van der Waals surface area contributed by atoms with E-state index in [1.54, 1.807) is 35.1 Å². The summed E-state index contributed by atoms with van der Waals surface area (Å²) in [6, 6.07) is 8.78. The van der Waals surface area contributed by atoms with Crippen molar-refractivity contribution >= 4 is 27.2 Å². The number of anilines is 2. The molecular weight excluding hydrogens is 440 g/mol. The number of hydrogen-bond acceptors (Lipinski definition) is 7. The minimum atomic E-state index is -3.55. The Bertz CT molecular complexity index is 1370. The molecule has 1 aliphatic rings. The smallest absolute Gasteiger partial charge is 0.242 e. The van der Waals surface area contributed by atoms with Crippen LogP contribution in [0.25, 0.3) is 16.8 Å². The summed E-state index contributed by atoms with van der Waals surface area (Å²) in [5.41, 5.74) is 4.12. The summed E-state index contributed by atoms with van der Waals surface area (Å²) in [4.78, 5) is 5.19. The summed E-state index contributed by atoms with van der Waals surface area (Å²) < 4.78 is 28.1. The van der Waals surface area contributed by atoms with Gasteiger partial charge in [0.1, 0.15) is 5.82 Å². The maximum absolute atomic E-state index is 12.6. The number of rotatable bonds is 6. The summed E-state index contributed by atoms with van der Waals surface area (Å²) in [5.74, 6) is 1.01. The fourth-order valence-electron chi connectivity index (χ4n) is 4.08. The lowest BCUT2D eigenvalue weighted by Gasteiger charge is -2.23. The van der Waals surface area contributed by atoms with Crippen molar-refractivity contribution in [3.05, 3.63) is 54.6 Å². The Hall–Kier alpha value is -3.28. The van der Waals surface area contributed by atoms with Crippen LogP contribution in [0.3, 0.4) is 0 Å². The first-order valence-corrected chi connectivity index (χ1v) is 12.3. The number of benzene rings is 1. The number of aromatic amines is 1. The van der Waals surface area contributed by atoms with Crippen molar-refractivity contribution in [1.29, 1.82) is 0 Å². The van der Waals surface area contributed by atoms with E-state index in [4.69, 9.17) is 4.98 Å². The van der Waals surface area contributed by atoms with E-state index in [0.29, 0.717) is 5.69 Å². The second-order valence-electron chi connectivity index (χ2n) is 8.33. The van der Waals surface area contributed by atoms with Gasteiger partial charge in [0.2, 0.25) is 10.0 Å². The van der Waals surface area contributed by atoms with Crippen LogP contribution in [-0.4, -0.2) is 64.7 Å². The first-order valence-electron chi connectivity index (χ1n) is 10.8. The molecule has 0 bridgehead atoms. The van der Waals surface area contributed by atoms with Crippen LogP contribution in [0.5, 0.6) is 0 Å².